The predicted molar refractivity (Wildman–Crippen MR) is 156 cm³/mol. The maximum atomic E-state index is 13.0. The van der Waals surface area contributed by atoms with E-state index in [1.54, 1.807) is 7.05 Å². The second-order valence-electron chi connectivity index (χ2n) is 11.1. The highest BCUT2D eigenvalue weighted by molar-refractivity contribution is 7.76. The molecular weight excluding hydrogens is 562 g/mol. The second kappa shape index (κ2) is 12.9. The van der Waals surface area contributed by atoms with Gasteiger partial charge >= 0.3 is 6.16 Å². The molecule has 0 spiro atoms. The molecule has 1 amide bonds. The molecule has 0 bridgehead atoms. The molecule has 2 aliphatic rings. The van der Waals surface area contributed by atoms with E-state index in [1.807, 2.05) is 37.3 Å². The minimum Gasteiger partial charge on any atom is -0.450 e. The number of benzene rings is 1. The zero-order valence-electron chi connectivity index (χ0n) is 23.9. The third kappa shape index (κ3) is 6.83. The van der Waals surface area contributed by atoms with E-state index in [9.17, 15) is 23.5 Å². The lowest BCUT2D eigenvalue weighted by atomic mass is 9.88. The highest BCUT2D eigenvalue weighted by Gasteiger charge is 2.36. The molecule has 1 atom stereocenters. The number of nitrogens with one attached hydrogen (secondary N) is 1. The Hall–Kier alpha value is -3.32. The first kappa shape index (κ1) is 30.1. The van der Waals surface area contributed by atoms with Crippen molar-refractivity contribution in [3.63, 3.8) is 0 Å². The molecular formula is C30H37N3O8S. The molecule has 1 unspecified atom stereocenters. The summed E-state index contributed by atoms with van der Waals surface area (Å²) in [5.41, 5.74) is 3.40. The average Bonchev–Trinajstić information content (AvgIpc) is 3.74. The smallest absolute Gasteiger partial charge is 0.450 e. The van der Waals surface area contributed by atoms with Gasteiger partial charge in [-0.15, -0.1) is 0 Å². The number of carbonyl (C=O) groups is 2. The van der Waals surface area contributed by atoms with Crippen molar-refractivity contribution in [3.8, 4) is 11.3 Å². The van der Waals surface area contributed by atoms with Gasteiger partial charge in [-0.05, 0) is 56.6 Å². The maximum absolute atomic E-state index is 13.0. The Kier molecular flexibility index (Phi) is 9.26. The minimum atomic E-state index is -2.25. The molecule has 3 aromatic rings. The number of pyridine rings is 1. The van der Waals surface area contributed by atoms with E-state index in [4.69, 9.17) is 18.9 Å². The SMILES string of the molecule is CNC(=O)c1c(-c2ccc(C)cc2)oc2nc(CN(CCCCC3(OC(=O)O)CCOCC3)S(=O)O)c(C3CC3)cc12. The van der Waals surface area contributed by atoms with Crippen molar-refractivity contribution in [1.82, 2.24) is 14.6 Å². The molecule has 0 radical (unpaired) electrons. The zero-order valence-corrected chi connectivity index (χ0v) is 24.7. The average molecular weight is 600 g/mol. The van der Waals surface area contributed by atoms with Gasteiger partial charge in [0.05, 0.1) is 36.4 Å². The number of aromatic nitrogens is 1. The lowest BCUT2D eigenvalue weighted by molar-refractivity contribution is -0.0901. The van der Waals surface area contributed by atoms with Crippen LogP contribution in [0.3, 0.4) is 0 Å². The Balaban J connectivity index is 1.38. The first-order chi connectivity index (χ1) is 20.2. The molecule has 1 aliphatic carbocycles. The topological polar surface area (TPSA) is 151 Å². The van der Waals surface area contributed by atoms with E-state index in [0.29, 0.717) is 80.0 Å². The lowest BCUT2D eigenvalue weighted by Crippen LogP contribution is -2.40. The zero-order chi connectivity index (χ0) is 29.9. The van der Waals surface area contributed by atoms with Gasteiger partial charge in [0.2, 0.25) is 17.0 Å². The molecule has 42 heavy (non-hydrogen) atoms. The number of carbonyl (C=O) groups excluding carboxylic acids is 1. The van der Waals surface area contributed by atoms with Crippen LogP contribution in [0.5, 0.6) is 0 Å². The summed E-state index contributed by atoms with van der Waals surface area (Å²) in [6.45, 7) is 3.31. The van der Waals surface area contributed by atoms with Crippen LogP contribution in [0.1, 0.15) is 78.0 Å². The summed E-state index contributed by atoms with van der Waals surface area (Å²) >= 11 is -2.25. The van der Waals surface area contributed by atoms with Crippen molar-refractivity contribution in [1.29, 1.82) is 0 Å². The molecule has 11 nitrogen and oxygen atoms in total. The number of rotatable bonds is 12. The quantitative estimate of drug-likeness (QED) is 0.141. The molecule has 1 saturated carbocycles. The fourth-order valence-corrected chi connectivity index (χ4v) is 6.17. The van der Waals surface area contributed by atoms with Crippen LogP contribution in [0.15, 0.2) is 34.7 Å². The maximum Gasteiger partial charge on any atom is 0.506 e. The summed E-state index contributed by atoms with van der Waals surface area (Å²) in [4.78, 5) is 29.1. The Morgan fingerprint density at radius 2 is 1.90 bits per heavy atom. The van der Waals surface area contributed by atoms with Crippen LogP contribution in [0.2, 0.25) is 0 Å². The van der Waals surface area contributed by atoms with Crippen molar-refractivity contribution >= 4 is 34.4 Å². The predicted octanol–water partition coefficient (Wildman–Crippen LogP) is 5.39. The van der Waals surface area contributed by atoms with Crippen molar-refractivity contribution in [2.75, 3.05) is 26.8 Å². The van der Waals surface area contributed by atoms with E-state index in [-0.39, 0.29) is 18.4 Å². The monoisotopic (exact) mass is 599 g/mol. The molecule has 3 N–H and O–H groups in total. The summed E-state index contributed by atoms with van der Waals surface area (Å²) in [5, 5.41) is 12.6. The minimum absolute atomic E-state index is 0.130. The third-order valence-corrected chi connectivity index (χ3v) is 8.88. The van der Waals surface area contributed by atoms with Crippen LogP contribution in [0.4, 0.5) is 4.79 Å². The van der Waals surface area contributed by atoms with Crippen LogP contribution in [0.25, 0.3) is 22.4 Å². The summed E-state index contributed by atoms with van der Waals surface area (Å²) in [6.07, 6.45) is 3.36. The van der Waals surface area contributed by atoms with Gasteiger partial charge in [0.1, 0.15) is 11.4 Å². The molecule has 12 heteroatoms. The summed E-state index contributed by atoms with van der Waals surface area (Å²) < 4.78 is 40.8. The Morgan fingerprint density at radius 3 is 2.52 bits per heavy atom. The molecule has 2 aromatic heterocycles. The third-order valence-electron chi connectivity index (χ3n) is 8.12. The molecule has 1 aromatic carbocycles. The summed E-state index contributed by atoms with van der Waals surface area (Å²) in [6, 6.07) is 9.68. The Labute approximate surface area is 247 Å². The number of fused-ring (bicyclic) bond motifs is 1. The highest BCUT2D eigenvalue weighted by Crippen LogP contribution is 2.44. The Morgan fingerprint density at radius 1 is 1.19 bits per heavy atom. The summed E-state index contributed by atoms with van der Waals surface area (Å²) in [5.74, 6) is 0.430. The highest BCUT2D eigenvalue weighted by atomic mass is 32.2. The van der Waals surface area contributed by atoms with Gasteiger partial charge in [0, 0.05) is 32.0 Å². The molecule has 3 heterocycles. The second-order valence-corrected chi connectivity index (χ2v) is 12.1. The molecule has 1 aliphatic heterocycles. The van der Waals surface area contributed by atoms with Crippen molar-refractivity contribution < 1.29 is 37.3 Å². The number of ether oxygens (including phenoxy) is 2. The van der Waals surface area contributed by atoms with E-state index in [0.717, 1.165) is 29.5 Å². The van der Waals surface area contributed by atoms with Gasteiger partial charge in [-0.3, -0.25) is 9.35 Å². The van der Waals surface area contributed by atoms with Crippen LogP contribution in [-0.4, -0.2) is 67.6 Å². The van der Waals surface area contributed by atoms with E-state index < -0.39 is 23.0 Å². The Bertz CT molecular complexity index is 1460. The molecule has 5 rings (SSSR count). The van der Waals surface area contributed by atoms with E-state index >= 15 is 0 Å². The lowest BCUT2D eigenvalue weighted by Gasteiger charge is -2.35. The number of nitrogens with zero attached hydrogens (tertiary/aromatic N) is 2. The van der Waals surface area contributed by atoms with Crippen molar-refractivity contribution in [3.05, 3.63) is 52.7 Å². The van der Waals surface area contributed by atoms with Crippen molar-refractivity contribution in [2.45, 2.75) is 69.9 Å². The van der Waals surface area contributed by atoms with Gasteiger partial charge in [0.15, 0.2) is 0 Å². The fourth-order valence-electron chi connectivity index (χ4n) is 5.65. The number of aryl methyl sites for hydroxylation is 1. The van der Waals surface area contributed by atoms with E-state index in [2.05, 4.69) is 5.32 Å². The number of amides is 1. The van der Waals surface area contributed by atoms with Gasteiger partial charge in [-0.25, -0.2) is 14.0 Å². The number of furan rings is 1. The van der Waals surface area contributed by atoms with Gasteiger partial charge in [-0.1, -0.05) is 29.8 Å². The number of carboxylic acid groups (broad SMARTS) is 1. The van der Waals surface area contributed by atoms with Gasteiger partial charge < -0.3 is 24.3 Å². The van der Waals surface area contributed by atoms with Gasteiger partial charge in [0.25, 0.3) is 5.91 Å². The van der Waals surface area contributed by atoms with Crippen LogP contribution >= 0.6 is 0 Å². The molecule has 2 fully saturated rings. The van der Waals surface area contributed by atoms with Crippen LogP contribution < -0.4 is 5.32 Å². The first-order valence-corrected chi connectivity index (χ1v) is 15.4. The summed E-state index contributed by atoms with van der Waals surface area (Å²) in [7, 11) is 1.58. The largest absolute Gasteiger partial charge is 0.506 e. The van der Waals surface area contributed by atoms with Gasteiger partial charge in [-0.2, -0.15) is 4.31 Å². The standard InChI is InChI=1S/C30H37N3O8S/c1-19-5-7-21(8-6-19)26-25(27(34)31-2)23-17-22(20-9-10-20)24(32-28(23)40-26)18-33(42(37)38)14-4-3-11-30(41-29(35)36)12-15-39-16-13-30/h5-8,17,20H,3-4,9-16,18H2,1-2H3,(H,31,34)(H,35,36)(H,37,38). The normalized spacial score (nSPS) is 17.3. The number of hydrogen-bond donors (Lipinski definition) is 3. The molecule has 226 valence electrons. The number of unbranched alkanes of at least 4 members (excludes halogenated alkanes) is 1. The van der Waals surface area contributed by atoms with Crippen molar-refractivity contribution in [2.24, 2.45) is 0 Å². The number of hydrogen-bond acceptors (Lipinski definition) is 7. The fraction of sp³-hybridized carbons (Fsp3) is 0.500. The van der Waals surface area contributed by atoms with E-state index in [1.165, 1.54) is 4.31 Å². The van der Waals surface area contributed by atoms with Crippen LogP contribution in [0, 0.1) is 6.92 Å². The molecule has 1 saturated heterocycles. The first-order valence-electron chi connectivity index (χ1n) is 14.3. The van der Waals surface area contributed by atoms with Crippen LogP contribution in [-0.2, 0) is 27.3 Å².